The number of carbonyl (C=O) groups is 3. The highest BCUT2D eigenvalue weighted by molar-refractivity contribution is 6.32. The summed E-state index contributed by atoms with van der Waals surface area (Å²) >= 11 is 6.64. The molecule has 50 heavy (non-hydrogen) atoms. The van der Waals surface area contributed by atoms with Crippen LogP contribution in [0.4, 0.5) is 10.6 Å². The summed E-state index contributed by atoms with van der Waals surface area (Å²) in [6.07, 6.45) is -0.173. The number of likely N-dealkylation sites (N-methyl/N-ethyl adjacent to an activating group) is 1. The quantitative estimate of drug-likeness (QED) is 0.143. The van der Waals surface area contributed by atoms with Gasteiger partial charge in [-0.1, -0.05) is 23.7 Å². The first-order chi connectivity index (χ1) is 23.6. The van der Waals surface area contributed by atoms with E-state index in [0.717, 1.165) is 0 Å². The predicted octanol–water partition coefficient (Wildman–Crippen LogP) is 5.76. The fourth-order valence-corrected chi connectivity index (χ4v) is 5.33. The number of fused-ring (bicyclic) bond motifs is 1. The van der Waals surface area contributed by atoms with E-state index in [2.05, 4.69) is 15.4 Å². The lowest BCUT2D eigenvalue weighted by Gasteiger charge is -2.24. The number of aliphatic hydroxyl groups is 1. The highest BCUT2D eigenvalue weighted by atomic mass is 35.5. The highest BCUT2D eigenvalue weighted by Crippen LogP contribution is 2.34. The number of hydrogen-bond donors (Lipinski definition) is 4. The molecule has 262 valence electrons. The number of ether oxygens (including phenoxy) is 2. The molecule has 0 radical (unpaired) electrons. The second-order valence-electron chi connectivity index (χ2n) is 12.9. The number of para-hydroxylation sites is 1. The second-order valence-corrected chi connectivity index (χ2v) is 13.3. The Hall–Kier alpha value is -5.53. The smallest absolute Gasteiger partial charge is 0.410 e. The summed E-state index contributed by atoms with van der Waals surface area (Å²) in [5.74, 6) is 0.454. The van der Waals surface area contributed by atoms with Crippen LogP contribution in [0.2, 0.25) is 5.02 Å². The molecule has 5 aromatic rings. The number of nitrogen functional groups attached to an aromatic ring is 1. The molecule has 0 fully saturated rings. The van der Waals surface area contributed by atoms with Gasteiger partial charge < -0.3 is 40.4 Å². The standard InChI is InChI=1S/C36H40ClN7O6/c1-36(2,3)50-35(48)43(6)16-15-39-33(46)21-11-13-27-22(17-21)18-28(41-27)31(45)25-20-40-44(32(25)38)29-14-12-23(19-26(29)37)49-30-10-8-7-9-24(30)34(47)42(4)5/h7-14,17-20,31,41,45H,15-16,38H2,1-6H3,(H,39,46). The van der Waals surface area contributed by atoms with Gasteiger partial charge in [-0.15, -0.1) is 0 Å². The van der Waals surface area contributed by atoms with Crippen LogP contribution >= 0.6 is 11.6 Å². The third-order valence-electron chi connectivity index (χ3n) is 7.67. The molecule has 3 aromatic carbocycles. The lowest BCUT2D eigenvalue weighted by molar-refractivity contribution is 0.0299. The summed E-state index contributed by atoms with van der Waals surface area (Å²) in [5.41, 5.74) is 8.64. The van der Waals surface area contributed by atoms with Gasteiger partial charge in [-0.2, -0.15) is 5.10 Å². The van der Waals surface area contributed by atoms with Crippen LogP contribution in [0.1, 0.15) is 58.8 Å². The number of anilines is 1. The third kappa shape index (κ3) is 8.01. The first kappa shape index (κ1) is 35.8. The van der Waals surface area contributed by atoms with Gasteiger partial charge in [0, 0.05) is 68.0 Å². The average Bonchev–Trinajstić information content (AvgIpc) is 3.66. The number of rotatable bonds is 10. The van der Waals surface area contributed by atoms with Crippen molar-refractivity contribution in [3.8, 4) is 17.2 Å². The number of aromatic amines is 1. The molecule has 5 N–H and O–H groups in total. The van der Waals surface area contributed by atoms with Crippen molar-refractivity contribution in [2.24, 2.45) is 0 Å². The first-order valence-corrected chi connectivity index (χ1v) is 16.2. The van der Waals surface area contributed by atoms with Crippen molar-refractivity contribution in [1.29, 1.82) is 0 Å². The van der Waals surface area contributed by atoms with E-state index < -0.39 is 17.8 Å². The van der Waals surface area contributed by atoms with Crippen molar-refractivity contribution in [1.82, 2.24) is 29.9 Å². The number of nitrogens with one attached hydrogen (secondary N) is 2. The average molecular weight is 702 g/mol. The molecule has 0 spiro atoms. The molecule has 0 saturated heterocycles. The van der Waals surface area contributed by atoms with Crippen molar-refractivity contribution in [3.63, 3.8) is 0 Å². The summed E-state index contributed by atoms with van der Waals surface area (Å²) in [5, 5.41) is 19.5. The maximum absolute atomic E-state index is 12.9. The van der Waals surface area contributed by atoms with Crippen molar-refractivity contribution in [3.05, 3.63) is 100 Å². The monoisotopic (exact) mass is 701 g/mol. The number of aromatic nitrogens is 3. The summed E-state index contributed by atoms with van der Waals surface area (Å²) < 4.78 is 12.8. The Morgan fingerprint density at radius 1 is 1.06 bits per heavy atom. The fraction of sp³-hybridized carbons (Fsp3) is 0.278. The molecule has 2 heterocycles. The Balaban J connectivity index is 1.27. The Kier molecular flexibility index (Phi) is 10.4. The summed E-state index contributed by atoms with van der Waals surface area (Å²) in [6, 6.07) is 18.7. The van der Waals surface area contributed by atoms with Gasteiger partial charge in [0.1, 0.15) is 29.0 Å². The molecule has 0 aliphatic heterocycles. The van der Waals surface area contributed by atoms with Gasteiger partial charge in [0.05, 0.1) is 22.5 Å². The normalized spacial score (nSPS) is 12.0. The van der Waals surface area contributed by atoms with Gasteiger partial charge in [-0.05, 0) is 69.3 Å². The zero-order valence-corrected chi connectivity index (χ0v) is 29.4. The zero-order valence-electron chi connectivity index (χ0n) is 28.7. The largest absolute Gasteiger partial charge is 0.456 e. The van der Waals surface area contributed by atoms with Gasteiger partial charge in [0.25, 0.3) is 11.8 Å². The lowest BCUT2D eigenvalue weighted by Crippen LogP contribution is -2.39. The van der Waals surface area contributed by atoms with Crippen LogP contribution in [0.3, 0.4) is 0 Å². The van der Waals surface area contributed by atoms with E-state index in [0.29, 0.717) is 50.5 Å². The molecule has 0 aliphatic carbocycles. The number of H-pyrrole nitrogens is 1. The molecule has 0 bridgehead atoms. The second kappa shape index (κ2) is 14.5. The number of halogens is 1. The van der Waals surface area contributed by atoms with E-state index in [9.17, 15) is 19.5 Å². The minimum atomic E-state index is -1.16. The van der Waals surface area contributed by atoms with E-state index in [1.807, 2.05) is 0 Å². The van der Waals surface area contributed by atoms with E-state index in [1.165, 1.54) is 20.7 Å². The van der Waals surface area contributed by atoms with E-state index in [1.54, 1.807) is 109 Å². The zero-order chi connectivity index (χ0) is 36.3. The molecule has 13 nitrogen and oxygen atoms in total. The molecule has 1 unspecified atom stereocenters. The third-order valence-corrected chi connectivity index (χ3v) is 7.97. The minimum absolute atomic E-state index is 0.171. The van der Waals surface area contributed by atoms with Crippen LogP contribution in [0.25, 0.3) is 16.6 Å². The van der Waals surface area contributed by atoms with Crippen LogP contribution in [-0.4, -0.2) is 87.4 Å². The summed E-state index contributed by atoms with van der Waals surface area (Å²) in [6.45, 7) is 5.87. The molecule has 1 atom stereocenters. The predicted molar refractivity (Wildman–Crippen MR) is 191 cm³/mol. The number of amides is 3. The van der Waals surface area contributed by atoms with Gasteiger partial charge in [-0.3, -0.25) is 9.59 Å². The van der Waals surface area contributed by atoms with Crippen LogP contribution in [-0.2, 0) is 4.74 Å². The number of hydrogen-bond acceptors (Lipinski definition) is 8. The lowest BCUT2D eigenvalue weighted by atomic mass is 10.1. The molecule has 2 aromatic heterocycles. The molecule has 14 heteroatoms. The first-order valence-electron chi connectivity index (χ1n) is 15.8. The van der Waals surface area contributed by atoms with E-state index in [4.69, 9.17) is 26.8 Å². The number of benzene rings is 3. The van der Waals surface area contributed by atoms with Gasteiger partial charge in [-0.25, -0.2) is 9.48 Å². The van der Waals surface area contributed by atoms with Crippen LogP contribution in [0, 0.1) is 0 Å². The van der Waals surface area contributed by atoms with Gasteiger partial charge in [0.15, 0.2) is 0 Å². The molecule has 5 rings (SSSR count). The van der Waals surface area contributed by atoms with Crippen molar-refractivity contribution < 1.29 is 29.0 Å². The number of nitrogens with two attached hydrogens (primary N) is 1. The minimum Gasteiger partial charge on any atom is -0.456 e. The van der Waals surface area contributed by atoms with Crippen molar-refractivity contribution >= 4 is 46.2 Å². The van der Waals surface area contributed by atoms with Crippen LogP contribution in [0.15, 0.2) is 72.9 Å². The maximum atomic E-state index is 12.9. The molecule has 0 saturated carbocycles. The Morgan fingerprint density at radius 3 is 2.50 bits per heavy atom. The molecular formula is C36H40ClN7O6. The van der Waals surface area contributed by atoms with Crippen molar-refractivity contribution in [2.45, 2.75) is 32.5 Å². The van der Waals surface area contributed by atoms with Gasteiger partial charge in [0.2, 0.25) is 0 Å². The Labute approximate surface area is 294 Å². The SMILES string of the molecule is CN(C)C(=O)c1ccccc1Oc1ccc(-n2ncc(C(O)c3cc4cc(C(=O)NCCN(C)C(=O)OC(C)(C)C)ccc4[nH]3)c2N)c(Cl)c1. The van der Waals surface area contributed by atoms with Crippen molar-refractivity contribution in [2.75, 3.05) is 40.0 Å². The Morgan fingerprint density at radius 2 is 1.80 bits per heavy atom. The highest BCUT2D eigenvalue weighted by Gasteiger charge is 2.23. The van der Waals surface area contributed by atoms with Crippen LogP contribution in [0.5, 0.6) is 11.5 Å². The van der Waals surface area contributed by atoms with E-state index >= 15 is 0 Å². The molecule has 0 aliphatic rings. The number of aliphatic hydroxyl groups excluding tert-OH is 1. The summed E-state index contributed by atoms with van der Waals surface area (Å²) in [4.78, 5) is 43.7. The topological polar surface area (TPSA) is 168 Å². The molecule has 3 amide bonds. The number of carbonyl (C=O) groups excluding carboxylic acids is 3. The molecular weight excluding hydrogens is 662 g/mol. The fourth-order valence-electron chi connectivity index (χ4n) is 5.08. The Bertz CT molecular complexity index is 2050. The van der Waals surface area contributed by atoms with Crippen LogP contribution < -0.4 is 15.8 Å². The van der Waals surface area contributed by atoms with Gasteiger partial charge >= 0.3 is 6.09 Å². The number of nitrogens with zero attached hydrogens (tertiary/aromatic N) is 4. The maximum Gasteiger partial charge on any atom is 0.410 e. The van der Waals surface area contributed by atoms with E-state index in [-0.39, 0.29) is 35.7 Å². The summed E-state index contributed by atoms with van der Waals surface area (Å²) in [7, 11) is 4.94.